The summed E-state index contributed by atoms with van der Waals surface area (Å²) in [5.74, 6) is -0.0879. The van der Waals surface area contributed by atoms with Gasteiger partial charge in [0.15, 0.2) is 0 Å². The minimum atomic E-state index is -0.466. The molecule has 0 bridgehead atoms. The molecule has 1 aliphatic heterocycles. The van der Waals surface area contributed by atoms with Crippen LogP contribution in [0.5, 0.6) is 0 Å². The Morgan fingerprint density at radius 3 is 2.84 bits per heavy atom. The van der Waals surface area contributed by atoms with E-state index in [0.29, 0.717) is 11.4 Å². The summed E-state index contributed by atoms with van der Waals surface area (Å²) in [6, 6.07) is 5.71. The molecule has 1 saturated heterocycles. The van der Waals surface area contributed by atoms with E-state index in [2.05, 4.69) is 16.8 Å². The molecule has 2 N–H and O–H groups in total. The van der Waals surface area contributed by atoms with Gasteiger partial charge in [-0.15, -0.1) is 0 Å². The Bertz CT molecular complexity index is 530. The Kier molecular flexibility index (Phi) is 4.46. The number of pyridine rings is 1. The maximum atomic E-state index is 10.8. The van der Waals surface area contributed by atoms with Crippen molar-refractivity contribution in [3.8, 4) is 0 Å². The van der Waals surface area contributed by atoms with Crippen LogP contribution >= 0.6 is 0 Å². The van der Waals surface area contributed by atoms with E-state index >= 15 is 0 Å². The van der Waals surface area contributed by atoms with Crippen molar-refractivity contribution in [3.05, 3.63) is 29.4 Å². The van der Waals surface area contributed by atoms with Crippen molar-refractivity contribution < 1.29 is 9.53 Å². The van der Waals surface area contributed by atoms with Crippen LogP contribution in [0.4, 0.5) is 0 Å². The fourth-order valence-electron chi connectivity index (χ4n) is 2.24. The molecule has 6 nitrogen and oxygen atoms in total. The first kappa shape index (κ1) is 13.5. The molecule has 0 atom stereocenters. The Hall–Kier alpha value is -1.95. The molecule has 102 valence electrons. The molecule has 1 aromatic heterocycles. The van der Waals surface area contributed by atoms with E-state index in [1.165, 1.54) is 0 Å². The molecule has 0 aliphatic carbocycles. The van der Waals surface area contributed by atoms with Gasteiger partial charge in [0.1, 0.15) is 12.0 Å². The average Bonchev–Trinajstić information content (AvgIpc) is 2.45. The van der Waals surface area contributed by atoms with Gasteiger partial charge >= 0.3 is 0 Å². The molecule has 1 aliphatic rings. The lowest BCUT2D eigenvalue weighted by Crippen LogP contribution is -2.26. The Morgan fingerprint density at radius 2 is 2.21 bits per heavy atom. The van der Waals surface area contributed by atoms with Crippen LogP contribution in [0.3, 0.4) is 0 Å². The lowest BCUT2D eigenvalue weighted by molar-refractivity contribution is -0.116. The van der Waals surface area contributed by atoms with Gasteiger partial charge in [-0.2, -0.15) is 5.10 Å². The number of carbonyl (C=O) groups excluding carboxylic acids is 1. The number of amides is 1. The minimum absolute atomic E-state index is 0.0489. The lowest BCUT2D eigenvalue weighted by atomic mass is 9.96. The molecular weight excluding hydrogens is 244 g/mol. The van der Waals surface area contributed by atoms with Gasteiger partial charge in [0.25, 0.3) is 0 Å². The summed E-state index contributed by atoms with van der Waals surface area (Å²) >= 11 is 0. The third-order valence-electron chi connectivity index (χ3n) is 3.15. The van der Waals surface area contributed by atoms with Gasteiger partial charge in [-0.05, 0) is 25.0 Å². The molecule has 2 heterocycles. The van der Waals surface area contributed by atoms with Crippen molar-refractivity contribution in [2.24, 2.45) is 15.8 Å². The van der Waals surface area contributed by atoms with E-state index in [1.54, 1.807) is 10.7 Å². The van der Waals surface area contributed by atoms with Gasteiger partial charge < -0.3 is 10.5 Å². The van der Waals surface area contributed by atoms with Crippen molar-refractivity contribution in [2.45, 2.75) is 18.8 Å². The SMILES string of the molecule is C=Nn1c(C2CCOCC2)ccc/c1=N/CC(N)=O. The number of hydrogen-bond donors (Lipinski definition) is 1. The summed E-state index contributed by atoms with van der Waals surface area (Å²) in [5, 5.41) is 4.00. The van der Waals surface area contributed by atoms with Crippen LogP contribution in [0, 0.1) is 0 Å². The molecule has 2 rings (SSSR count). The summed E-state index contributed by atoms with van der Waals surface area (Å²) in [7, 11) is 0. The number of nitrogens with two attached hydrogens (primary N) is 1. The predicted molar refractivity (Wildman–Crippen MR) is 71.8 cm³/mol. The zero-order valence-electron chi connectivity index (χ0n) is 10.8. The minimum Gasteiger partial charge on any atom is -0.381 e. The van der Waals surface area contributed by atoms with Gasteiger partial charge in [0, 0.05) is 31.5 Å². The quantitative estimate of drug-likeness (QED) is 0.788. The molecule has 6 heteroatoms. The van der Waals surface area contributed by atoms with E-state index < -0.39 is 5.91 Å². The highest BCUT2D eigenvalue weighted by atomic mass is 16.5. The molecular formula is C13H18N4O2. The van der Waals surface area contributed by atoms with Crippen molar-refractivity contribution in [2.75, 3.05) is 19.8 Å². The topological polar surface area (TPSA) is 82.0 Å². The van der Waals surface area contributed by atoms with Crippen LogP contribution in [0.2, 0.25) is 0 Å². The normalized spacial score (nSPS) is 17.4. The summed E-state index contributed by atoms with van der Waals surface area (Å²) in [6.45, 7) is 5.04. The van der Waals surface area contributed by atoms with Crippen LogP contribution in [0.15, 0.2) is 28.3 Å². The molecule has 1 fully saturated rings. The van der Waals surface area contributed by atoms with E-state index in [-0.39, 0.29) is 6.54 Å². The fraction of sp³-hybridized carbons (Fsp3) is 0.462. The van der Waals surface area contributed by atoms with Crippen LogP contribution in [-0.4, -0.2) is 37.1 Å². The Morgan fingerprint density at radius 1 is 1.47 bits per heavy atom. The molecule has 19 heavy (non-hydrogen) atoms. The van der Waals surface area contributed by atoms with Gasteiger partial charge in [0.05, 0.1) is 0 Å². The molecule has 0 aromatic carbocycles. The van der Waals surface area contributed by atoms with E-state index in [4.69, 9.17) is 10.5 Å². The first-order valence-electron chi connectivity index (χ1n) is 6.28. The predicted octanol–water partition coefficient (Wildman–Crippen LogP) is 0.232. The summed E-state index contributed by atoms with van der Waals surface area (Å²) in [6.07, 6.45) is 1.91. The van der Waals surface area contributed by atoms with Crippen molar-refractivity contribution in [1.82, 2.24) is 4.68 Å². The highest BCUT2D eigenvalue weighted by Gasteiger charge is 2.18. The third kappa shape index (κ3) is 3.29. The second-order valence-corrected chi connectivity index (χ2v) is 4.43. The van der Waals surface area contributed by atoms with Gasteiger partial charge in [0.2, 0.25) is 5.91 Å². The smallest absolute Gasteiger partial charge is 0.239 e. The maximum absolute atomic E-state index is 10.8. The highest BCUT2D eigenvalue weighted by molar-refractivity contribution is 5.75. The zero-order chi connectivity index (χ0) is 13.7. The number of carbonyl (C=O) groups is 1. The summed E-state index contributed by atoms with van der Waals surface area (Å²) in [4.78, 5) is 15.0. The van der Waals surface area contributed by atoms with Crippen LogP contribution in [-0.2, 0) is 9.53 Å². The highest BCUT2D eigenvalue weighted by Crippen LogP contribution is 2.25. The van der Waals surface area contributed by atoms with Crippen LogP contribution in [0.1, 0.15) is 24.5 Å². The Balaban J connectivity index is 2.38. The number of ether oxygens (including phenoxy) is 1. The van der Waals surface area contributed by atoms with Gasteiger partial charge in [-0.3, -0.25) is 9.79 Å². The van der Waals surface area contributed by atoms with Gasteiger partial charge in [-0.25, -0.2) is 4.68 Å². The van der Waals surface area contributed by atoms with E-state index in [1.807, 2.05) is 12.1 Å². The monoisotopic (exact) mass is 262 g/mol. The second-order valence-electron chi connectivity index (χ2n) is 4.43. The fourth-order valence-corrected chi connectivity index (χ4v) is 2.24. The largest absolute Gasteiger partial charge is 0.381 e. The summed E-state index contributed by atoms with van der Waals surface area (Å²) < 4.78 is 7.04. The van der Waals surface area contributed by atoms with Crippen molar-refractivity contribution in [3.63, 3.8) is 0 Å². The Labute approximate surface area is 111 Å². The molecule has 0 saturated carbocycles. The molecule has 0 unspecified atom stereocenters. The van der Waals surface area contributed by atoms with E-state index in [0.717, 1.165) is 31.7 Å². The maximum Gasteiger partial charge on any atom is 0.239 e. The second kappa shape index (κ2) is 6.29. The lowest BCUT2D eigenvalue weighted by Gasteiger charge is -2.23. The standard InChI is InChI=1S/C13H18N4O2/c1-15-17-11(10-5-7-19-8-6-10)3-2-4-13(17)16-9-12(14)18/h2-4,10H,1,5-9H2,(H2,14,18)/b16-13-. The number of hydrogen-bond acceptors (Lipinski definition) is 4. The van der Waals surface area contributed by atoms with Crippen molar-refractivity contribution in [1.29, 1.82) is 0 Å². The van der Waals surface area contributed by atoms with Crippen LogP contribution < -0.4 is 11.2 Å². The molecule has 0 spiro atoms. The number of rotatable bonds is 4. The molecule has 1 aromatic rings. The zero-order valence-corrected chi connectivity index (χ0v) is 10.8. The number of nitrogens with zero attached hydrogens (tertiary/aromatic N) is 3. The van der Waals surface area contributed by atoms with Crippen molar-refractivity contribution >= 4 is 12.6 Å². The summed E-state index contributed by atoms with van der Waals surface area (Å²) in [5.41, 5.74) is 6.75. The molecule has 1 amide bonds. The average molecular weight is 262 g/mol. The first-order chi connectivity index (χ1) is 9.22. The third-order valence-corrected chi connectivity index (χ3v) is 3.15. The number of primary amides is 1. The van der Waals surface area contributed by atoms with Crippen LogP contribution in [0.25, 0.3) is 0 Å². The molecule has 0 radical (unpaired) electrons. The first-order valence-corrected chi connectivity index (χ1v) is 6.28. The van der Waals surface area contributed by atoms with E-state index in [9.17, 15) is 4.79 Å². The number of aromatic nitrogens is 1. The van der Waals surface area contributed by atoms with Gasteiger partial charge in [-0.1, -0.05) is 6.07 Å².